The molecule has 3 aromatic rings. The summed E-state index contributed by atoms with van der Waals surface area (Å²) >= 11 is 0. The van der Waals surface area contributed by atoms with E-state index >= 15 is 0 Å². The fraction of sp³-hybridized carbons (Fsp3) is 0.150. The van der Waals surface area contributed by atoms with Gasteiger partial charge in [-0.15, -0.1) is 0 Å². The van der Waals surface area contributed by atoms with Crippen molar-refractivity contribution in [2.75, 3.05) is 17.7 Å². The number of urea groups is 1. The SMILES string of the molecule is CNC(=O)c1ccc(NC(=O)Nc2cnc(C)cn2)c(OCc2cccnc2)c1. The van der Waals surface area contributed by atoms with Crippen molar-refractivity contribution in [3.8, 4) is 5.75 Å². The summed E-state index contributed by atoms with van der Waals surface area (Å²) in [7, 11) is 1.54. The normalized spacial score (nSPS) is 10.1. The van der Waals surface area contributed by atoms with Crippen LogP contribution in [0.5, 0.6) is 5.75 Å². The number of carbonyl (C=O) groups is 2. The highest BCUT2D eigenvalue weighted by molar-refractivity contribution is 6.01. The van der Waals surface area contributed by atoms with E-state index < -0.39 is 6.03 Å². The van der Waals surface area contributed by atoms with Crippen LogP contribution in [0.25, 0.3) is 0 Å². The number of hydrogen-bond acceptors (Lipinski definition) is 6. The molecule has 0 bridgehead atoms. The van der Waals surface area contributed by atoms with Crippen molar-refractivity contribution >= 4 is 23.4 Å². The molecule has 0 atom stereocenters. The Morgan fingerprint density at radius 1 is 1.07 bits per heavy atom. The van der Waals surface area contributed by atoms with Crippen LogP contribution in [0.3, 0.4) is 0 Å². The zero-order valence-electron chi connectivity index (χ0n) is 16.0. The van der Waals surface area contributed by atoms with Crippen LogP contribution < -0.4 is 20.7 Å². The summed E-state index contributed by atoms with van der Waals surface area (Å²) in [4.78, 5) is 36.5. The second-order valence-electron chi connectivity index (χ2n) is 6.06. The first kappa shape index (κ1) is 19.7. The molecule has 2 heterocycles. The second-order valence-corrected chi connectivity index (χ2v) is 6.06. The van der Waals surface area contributed by atoms with Gasteiger partial charge in [0.05, 0.1) is 23.8 Å². The zero-order chi connectivity index (χ0) is 20.6. The Morgan fingerprint density at radius 2 is 1.93 bits per heavy atom. The summed E-state index contributed by atoms with van der Waals surface area (Å²) in [5.41, 5.74) is 2.40. The third kappa shape index (κ3) is 5.48. The van der Waals surface area contributed by atoms with Crippen molar-refractivity contribution < 1.29 is 14.3 Å². The third-order valence-electron chi connectivity index (χ3n) is 3.86. The summed E-state index contributed by atoms with van der Waals surface area (Å²) in [6.07, 6.45) is 6.36. The van der Waals surface area contributed by atoms with Gasteiger partial charge in [-0.1, -0.05) is 6.07 Å². The van der Waals surface area contributed by atoms with Gasteiger partial charge in [-0.05, 0) is 31.2 Å². The van der Waals surface area contributed by atoms with Crippen molar-refractivity contribution in [2.24, 2.45) is 0 Å². The van der Waals surface area contributed by atoms with Crippen molar-refractivity contribution in [3.63, 3.8) is 0 Å². The fourth-order valence-electron chi connectivity index (χ4n) is 2.40. The zero-order valence-corrected chi connectivity index (χ0v) is 16.0. The molecule has 0 fully saturated rings. The Balaban J connectivity index is 1.77. The molecule has 0 aliphatic heterocycles. The number of aryl methyl sites for hydroxylation is 1. The van der Waals surface area contributed by atoms with E-state index in [1.165, 1.54) is 6.20 Å². The van der Waals surface area contributed by atoms with Crippen molar-refractivity contribution in [2.45, 2.75) is 13.5 Å². The van der Waals surface area contributed by atoms with Crippen LogP contribution in [0.2, 0.25) is 0 Å². The summed E-state index contributed by atoms with van der Waals surface area (Å²) in [6, 6.07) is 7.92. The van der Waals surface area contributed by atoms with Gasteiger partial charge in [0.1, 0.15) is 12.4 Å². The molecule has 0 aliphatic rings. The maximum Gasteiger partial charge on any atom is 0.324 e. The highest BCUT2D eigenvalue weighted by atomic mass is 16.5. The first-order valence-electron chi connectivity index (χ1n) is 8.79. The number of benzene rings is 1. The van der Waals surface area contributed by atoms with Gasteiger partial charge in [0.2, 0.25) is 0 Å². The number of anilines is 2. The highest BCUT2D eigenvalue weighted by Crippen LogP contribution is 2.27. The first-order valence-corrected chi connectivity index (χ1v) is 8.79. The molecule has 148 valence electrons. The predicted molar refractivity (Wildman–Crippen MR) is 108 cm³/mol. The van der Waals surface area contributed by atoms with Crippen LogP contribution in [0, 0.1) is 6.92 Å². The van der Waals surface area contributed by atoms with Gasteiger partial charge in [0.25, 0.3) is 5.91 Å². The van der Waals surface area contributed by atoms with E-state index in [0.717, 1.165) is 11.3 Å². The van der Waals surface area contributed by atoms with Crippen LogP contribution in [0.4, 0.5) is 16.3 Å². The van der Waals surface area contributed by atoms with E-state index in [4.69, 9.17) is 4.74 Å². The van der Waals surface area contributed by atoms with E-state index in [9.17, 15) is 9.59 Å². The van der Waals surface area contributed by atoms with E-state index in [1.54, 1.807) is 56.8 Å². The molecular formula is C20H20N6O3. The van der Waals surface area contributed by atoms with Crippen LogP contribution in [0.15, 0.2) is 55.1 Å². The molecule has 0 saturated heterocycles. The smallest absolute Gasteiger partial charge is 0.324 e. The number of hydrogen-bond donors (Lipinski definition) is 3. The molecule has 0 spiro atoms. The summed E-state index contributed by atoms with van der Waals surface area (Å²) in [6.45, 7) is 2.03. The predicted octanol–water partition coefficient (Wildman–Crippen LogP) is 2.76. The average Bonchev–Trinajstić information content (AvgIpc) is 2.74. The molecule has 9 nitrogen and oxygen atoms in total. The molecule has 3 amide bonds. The lowest BCUT2D eigenvalue weighted by Gasteiger charge is -2.14. The lowest BCUT2D eigenvalue weighted by Crippen LogP contribution is -2.21. The Kier molecular flexibility index (Phi) is 6.31. The van der Waals surface area contributed by atoms with E-state index in [0.29, 0.717) is 22.8 Å². The van der Waals surface area contributed by atoms with Gasteiger partial charge in [0.15, 0.2) is 5.82 Å². The number of rotatable bonds is 6. The molecule has 0 radical (unpaired) electrons. The Morgan fingerprint density at radius 3 is 2.62 bits per heavy atom. The number of ether oxygens (including phenoxy) is 1. The maximum atomic E-state index is 12.3. The second kappa shape index (κ2) is 9.27. The first-order chi connectivity index (χ1) is 14.0. The molecule has 2 aromatic heterocycles. The lowest BCUT2D eigenvalue weighted by molar-refractivity contribution is 0.0962. The Hall–Kier alpha value is -4.01. The standard InChI is InChI=1S/C20H20N6O3/c1-13-9-24-18(11-23-13)26-20(28)25-16-6-5-15(19(27)21-2)8-17(16)29-12-14-4-3-7-22-10-14/h3-11H,12H2,1-2H3,(H,21,27)(H2,24,25,26,28). The molecule has 0 unspecified atom stereocenters. The van der Waals surface area contributed by atoms with Crippen LogP contribution in [0.1, 0.15) is 21.6 Å². The molecule has 3 rings (SSSR count). The molecular weight excluding hydrogens is 372 g/mol. The number of nitrogens with zero attached hydrogens (tertiary/aromatic N) is 3. The molecule has 29 heavy (non-hydrogen) atoms. The Bertz CT molecular complexity index is 993. The number of pyridine rings is 1. The van der Waals surface area contributed by atoms with E-state index in [1.807, 2.05) is 6.07 Å². The van der Waals surface area contributed by atoms with Crippen LogP contribution >= 0.6 is 0 Å². The van der Waals surface area contributed by atoms with Gasteiger partial charge in [-0.25, -0.2) is 9.78 Å². The van der Waals surface area contributed by atoms with Gasteiger partial charge < -0.3 is 15.4 Å². The largest absolute Gasteiger partial charge is 0.487 e. The van der Waals surface area contributed by atoms with Crippen LogP contribution in [-0.2, 0) is 6.61 Å². The minimum absolute atomic E-state index is 0.227. The van der Waals surface area contributed by atoms with Gasteiger partial charge in [-0.3, -0.25) is 20.1 Å². The van der Waals surface area contributed by atoms with Gasteiger partial charge in [-0.2, -0.15) is 0 Å². The fourth-order valence-corrected chi connectivity index (χ4v) is 2.40. The van der Waals surface area contributed by atoms with Crippen LogP contribution in [-0.4, -0.2) is 33.9 Å². The quantitative estimate of drug-likeness (QED) is 0.594. The number of nitrogens with one attached hydrogen (secondary N) is 3. The maximum absolute atomic E-state index is 12.3. The third-order valence-corrected chi connectivity index (χ3v) is 3.86. The molecule has 3 N–H and O–H groups in total. The highest BCUT2D eigenvalue weighted by Gasteiger charge is 2.13. The summed E-state index contributed by atoms with van der Waals surface area (Å²) < 4.78 is 5.83. The topological polar surface area (TPSA) is 118 Å². The Labute approximate surface area is 167 Å². The van der Waals surface area contributed by atoms with Crippen molar-refractivity contribution in [1.82, 2.24) is 20.3 Å². The van der Waals surface area contributed by atoms with Gasteiger partial charge >= 0.3 is 6.03 Å². The van der Waals surface area contributed by atoms with E-state index in [2.05, 4.69) is 30.9 Å². The monoisotopic (exact) mass is 392 g/mol. The minimum atomic E-state index is -0.512. The molecule has 9 heteroatoms. The number of amides is 3. The lowest BCUT2D eigenvalue weighted by atomic mass is 10.1. The minimum Gasteiger partial charge on any atom is -0.487 e. The number of aromatic nitrogens is 3. The summed E-state index contributed by atoms with van der Waals surface area (Å²) in [5.74, 6) is 0.398. The average molecular weight is 392 g/mol. The summed E-state index contributed by atoms with van der Waals surface area (Å²) in [5, 5.41) is 7.86. The number of carbonyl (C=O) groups excluding carboxylic acids is 2. The van der Waals surface area contributed by atoms with E-state index in [-0.39, 0.29) is 12.5 Å². The van der Waals surface area contributed by atoms with Gasteiger partial charge in [0, 0.05) is 30.6 Å². The molecule has 0 saturated carbocycles. The van der Waals surface area contributed by atoms with Crippen molar-refractivity contribution in [1.29, 1.82) is 0 Å². The molecule has 0 aliphatic carbocycles. The van der Waals surface area contributed by atoms with Crippen molar-refractivity contribution in [3.05, 3.63) is 71.9 Å². The molecule has 1 aromatic carbocycles.